The Morgan fingerprint density at radius 3 is 2.52 bits per heavy atom. The number of amides is 1. The van der Waals surface area contributed by atoms with Crippen molar-refractivity contribution in [1.82, 2.24) is 0 Å². The standard InChI is InChI=1S/C17H17ClN2O4S/c1-24-16-8-5-13(18)11-15(16)19-17(21)12-3-6-14(7-4-12)20-9-2-10-25(20,22)23/h3-8,11H,2,9-10H2,1H3,(H,19,21). The predicted octanol–water partition coefficient (Wildman–Crippen LogP) is 3.14. The number of nitrogens with one attached hydrogen (secondary N) is 1. The molecule has 132 valence electrons. The molecule has 0 aromatic heterocycles. The minimum absolute atomic E-state index is 0.157. The summed E-state index contributed by atoms with van der Waals surface area (Å²) in [5.74, 6) is 0.318. The Balaban J connectivity index is 1.79. The second-order valence-corrected chi connectivity index (χ2v) is 8.04. The van der Waals surface area contributed by atoms with Crippen LogP contribution in [0.1, 0.15) is 16.8 Å². The Morgan fingerprint density at radius 2 is 1.92 bits per heavy atom. The van der Waals surface area contributed by atoms with Gasteiger partial charge in [-0.3, -0.25) is 9.10 Å². The fraction of sp³-hybridized carbons (Fsp3) is 0.235. The van der Waals surface area contributed by atoms with Crippen LogP contribution in [0.25, 0.3) is 0 Å². The first kappa shape index (κ1) is 17.6. The Labute approximate surface area is 151 Å². The van der Waals surface area contributed by atoms with E-state index in [0.717, 1.165) is 0 Å². The van der Waals surface area contributed by atoms with E-state index < -0.39 is 10.0 Å². The molecule has 8 heteroatoms. The van der Waals surface area contributed by atoms with E-state index in [-0.39, 0.29) is 11.7 Å². The molecule has 25 heavy (non-hydrogen) atoms. The number of nitrogens with zero attached hydrogens (tertiary/aromatic N) is 1. The van der Waals surface area contributed by atoms with Gasteiger partial charge in [0.2, 0.25) is 10.0 Å². The van der Waals surface area contributed by atoms with E-state index >= 15 is 0 Å². The Hall–Kier alpha value is -2.25. The molecule has 1 amide bonds. The first-order valence-corrected chi connectivity index (χ1v) is 9.65. The molecule has 3 rings (SSSR count). The third-order valence-corrected chi connectivity index (χ3v) is 6.03. The van der Waals surface area contributed by atoms with Gasteiger partial charge in [-0.05, 0) is 48.9 Å². The highest BCUT2D eigenvalue weighted by atomic mass is 35.5. The average Bonchev–Trinajstić information content (AvgIpc) is 2.94. The lowest BCUT2D eigenvalue weighted by Gasteiger charge is -2.17. The van der Waals surface area contributed by atoms with Crippen LogP contribution in [0.4, 0.5) is 11.4 Å². The monoisotopic (exact) mass is 380 g/mol. The zero-order valence-electron chi connectivity index (χ0n) is 13.5. The number of ether oxygens (including phenoxy) is 1. The third kappa shape index (κ3) is 3.72. The van der Waals surface area contributed by atoms with Gasteiger partial charge in [0.1, 0.15) is 5.75 Å². The van der Waals surface area contributed by atoms with E-state index in [1.165, 1.54) is 11.4 Å². The smallest absolute Gasteiger partial charge is 0.255 e. The molecule has 1 aliphatic heterocycles. The van der Waals surface area contributed by atoms with Crippen LogP contribution in [-0.4, -0.2) is 33.7 Å². The topological polar surface area (TPSA) is 75.7 Å². The largest absolute Gasteiger partial charge is 0.495 e. The molecule has 1 aliphatic rings. The summed E-state index contributed by atoms with van der Waals surface area (Å²) >= 11 is 5.95. The molecule has 0 spiro atoms. The normalized spacial score (nSPS) is 15.8. The van der Waals surface area contributed by atoms with Crippen molar-refractivity contribution in [3.63, 3.8) is 0 Å². The van der Waals surface area contributed by atoms with E-state index in [1.807, 2.05) is 0 Å². The van der Waals surface area contributed by atoms with E-state index in [1.54, 1.807) is 42.5 Å². The van der Waals surface area contributed by atoms with Gasteiger partial charge in [-0.25, -0.2) is 8.42 Å². The number of hydrogen-bond donors (Lipinski definition) is 1. The van der Waals surface area contributed by atoms with Crippen molar-refractivity contribution in [3.8, 4) is 5.75 Å². The summed E-state index contributed by atoms with van der Waals surface area (Å²) in [6.07, 6.45) is 0.610. The molecule has 1 fully saturated rings. The lowest BCUT2D eigenvalue weighted by molar-refractivity contribution is 0.102. The summed E-state index contributed by atoms with van der Waals surface area (Å²) in [6.45, 7) is 0.466. The average molecular weight is 381 g/mol. The van der Waals surface area contributed by atoms with Crippen LogP contribution in [0.15, 0.2) is 42.5 Å². The first-order chi connectivity index (χ1) is 11.9. The molecule has 0 atom stereocenters. The summed E-state index contributed by atoms with van der Waals surface area (Å²) in [6, 6.07) is 11.4. The number of anilines is 2. The molecule has 1 N–H and O–H groups in total. The van der Waals surface area contributed by atoms with Gasteiger partial charge in [-0.1, -0.05) is 11.6 Å². The van der Waals surface area contributed by atoms with Crippen molar-refractivity contribution in [1.29, 1.82) is 0 Å². The van der Waals surface area contributed by atoms with Gasteiger partial charge in [0.25, 0.3) is 5.91 Å². The van der Waals surface area contributed by atoms with Gasteiger partial charge in [0, 0.05) is 17.1 Å². The van der Waals surface area contributed by atoms with Gasteiger partial charge in [0.05, 0.1) is 24.2 Å². The molecular weight excluding hydrogens is 364 g/mol. The number of hydrogen-bond acceptors (Lipinski definition) is 4. The van der Waals surface area contributed by atoms with E-state index in [0.29, 0.717) is 40.7 Å². The number of carbonyl (C=O) groups is 1. The van der Waals surface area contributed by atoms with Crippen molar-refractivity contribution in [3.05, 3.63) is 53.1 Å². The number of methoxy groups -OCH3 is 1. The van der Waals surface area contributed by atoms with E-state index in [9.17, 15) is 13.2 Å². The zero-order valence-corrected chi connectivity index (χ0v) is 15.1. The van der Waals surface area contributed by atoms with Crippen LogP contribution in [-0.2, 0) is 10.0 Å². The fourth-order valence-electron chi connectivity index (χ4n) is 2.68. The SMILES string of the molecule is COc1ccc(Cl)cc1NC(=O)c1ccc(N2CCCS2(=O)=O)cc1. The fourth-order valence-corrected chi connectivity index (χ4v) is 4.42. The van der Waals surface area contributed by atoms with Crippen LogP contribution in [0.5, 0.6) is 5.75 Å². The second kappa shape index (κ2) is 6.93. The summed E-state index contributed by atoms with van der Waals surface area (Å²) in [7, 11) is -1.73. The molecule has 0 radical (unpaired) electrons. The summed E-state index contributed by atoms with van der Waals surface area (Å²) < 4.78 is 30.5. The van der Waals surface area contributed by atoms with Crippen LogP contribution in [0, 0.1) is 0 Å². The maximum atomic E-state index is 12.4. The van der Waals surface area contributed by atoms with Gasteiger partial charge >= 0.3 is 0 Å². The molecule has 0 saturated carbocycles. The predicted molar refractivity (Wildman–Crippen MR) is 98.1 cm³/mol. The van der Waals surface area contributed by atoms with Crippen molar-refractivity contribution in [2.24, 2.45) is 0 Å². The minimum atomic E-state index is -3.23. The third-order valence-electron chi connectivity index (χ3n) is 3.93. The van der Waals surface area contributed by atoms with Gasteiger partial charge in [-0.2, -0.15) is 0 Å². The first-order valence-electron chi connectivity index (χ1n) is 7.66. The van der Waals surface area contributed by atoms with Crippen molar-refractivity contribution in [2.45, 2.75) is 6.42 Å². The van der Waals surface area contributed by atoms with Crippen molar-refractivity contribution in [2.75, 3.05) is 29.0 Å². The lowest BCUT2D eigenvalue weighted by Crippen LogP contribution is -2.25. The van der Waals surface area contributed by atoms with Crippen LogP contribution in [0.3, 0.4) is 0 Å². The minimum Gasteiger partial charge on any atom is -0.495 e. The quantitative estimate of drug-likeness (QED) is 0.884. The van der Waals surface area contributed by atoms with E-state index in [2.05, 4.69) is 5.32 Å². The molecule has 1 saturated heterocycles. The van der Waals surface area contributed by atoms with Gasteiger partial charge in [0.15, 0.2) is 0 Å². The summed E-state index contributed by atoms with van der Waals surface area (Å²) in [4.78, 5) is 12.4. The Kier molecular flexibility index (Phi) is 4.87. The van der Waals surface area contributed by atoms with Crippen LogP contribution >= 0.6 is 11.6 Å². The van der Waals surface area contributed by atoms with Crippen molar-refractivity contribution < 1.29 is 17.9 Å². The number of sulfonamides is 1. The molecular formula is C17H17ClN2O4S. The maximum Gasteiger partial charge on any atom is 0.255 e. The highest BCUT2D eigenvalue weighted by molar-refractivity contribution is 7.93. The Morgan fingerprint density at radius 1 is 1.20 bits per heavy atom. The highest BCUT2D eigenvalue weighted by Crippen LogP contribution is 2.29. The molecule has 2 aromatic carbocycles. The van der Waals surface area contributed by atoms with Crippen LogP contribution in [0.2, 0.25) is 5.02 Å². The lowest BCUT2D eigenvalue weighted by atomic mass is 10.2. The molecule has 1 heterocycles. The number of rotatable bonds is 4. The maximum absolute atomic E-state index is 12.4. The molecule has 0 unspecified atom stereocenters. The molecule has 6 nitrogen and oxygen atoms in total. The highest BCUT2D eigenvalue weighted by Gasteiger charge is 2.28. The van der Waals surface area contributed by atoms with E-state index in [4.69, 9.17) is 16.3 Å². The summed E-state index contributed by atoms with van der Waals surface area (Å²) in [5, 5.41) is 3.22. The van der Waals surface area contributed by atoms with Crippen molar-refractivity contribution >= 4 is 38.9 Å². The zero-order chi connectivity index (χ0) is 18.0. The molecule has 0 aliphatic carbocycles. The molecule has 0 bridgehead atoms. The van der Waals surface area contributed by atoms with Gasteiger partial charge in [-0.15, -0.1) is 0 Å². The number of halogens is 1. The summed E-state index contributed by atoms with van der Waals surface area (Å²) in [5.41, 5.74) is 1.43. The Bertz CT molecular complexity index is 897. The second-order valence-electron chi connectivity index (χ2n) is 5.59. The van der Waals surface area contributed by atoms with Gasteiger partial charge < -0.3 is 10.1 Å². The molecule has 2 aromatic rings. The number of benzene rings is 2. The number of carbonyl (C=O) groups excluding carboxylic acids is 1. The van der Waals surface area contributed by atoms with Crippen LogP contribution < -0.4 is 14.4 Å².